The highest BCUT2D eigenvalue weighted by atomic mass is 32.2. The summed E-state index contributed by atoms with van der Waals surface area (Å²) in [5.41, 5.74) is 2.11. The lowest BCUT2D eigenvalue weighted by Crippen LogP contribution is -2.16. The second-order valence-electron chi connectivity index (χ2n) is 6.34. The number of ether oxygens (including phenoxy) is 1. The topological polar surface area (TPSA) is 81.2 Å². The molecule has 0 saturated carbocycles. The molecule has 1 aromatic heterocycles. The van der Waals surface area contributed by atoms with Crippen molar-refractivity contribution < 1.29 is 13.2 Å². The first kappa shape index (κ1) is 19.1. The highest BCUT2D eigenvalue weighted by molar-refractivity contribution is 7.92. The molecule has 142 valence electrons. The summed E-state index contributed by atoms with van der Waals surface area (Å²) in [6.45, 7) is 4.41. The van der Waals surface area contributed by atoms with E-state index in [4.69, 9.17) is 4.74 Å². The van der Waals surface area contributed by atoms with Crippen molar-refractivity contribution >= 4 is 26.9 Å². The minimum Gasteiger partial charge on any atom is -0.475 e. The number of hydrogen-bond acceptors (Lipinski definition) is 5. The number of nitrogens with one attached hydrogen (secondary N) is 1. The van der Waals surface area contributed by atoms with Crippen molar-refractivity contribution in [1.29, 1.82) is 0 Å². The number of para-hydroxylation sites is 2. The third-order valence-corrected chi connectivity index (χ3v) is 5.39. The molecule has 0 aliphatic rings. The summed E-state index contributed by atoms with van der Waals surface area (Å²) in [6.07, 6.45) is 2.97. The zero-order chi connectivity index (χ0) is 19.3. The Labute approximate surface area is 159 Å². The average Bonchev–Trinajstić information content (AvgIpc) is 2.65. The van der Waals surface area contributed by atoms with E-state index in [0.29, 0.717) is 17.6 Å². The van der Waals surface area contributed by atoms with Crippen LogP contribution in [0.15, 0.2) is 53.4 Å². The smallest absolute Gasteiger partial charge is 0.263 e. The maximum absolute atomic E-state index is 12.8. The largest absolute Gasteiger partial charge is 0.475 e. The molecule has 0 aliphatic carbocycles. The third-order valence-electron chi connectivity index (χ3n) is 4.06. The normalized spacial score (nSPS) is 11.5. The second-order valence-corrected chi connectivity index (χ2v) is 8.03. The summed E-state index contributed by atoms with van der Waals surface area (Å²) < 4.78 is 33.9. The maximum Gasteiger partial charge on any atom is 0.263 e. The van der Waals surface area contributed by atoms with Crippen molar-refractivity contribution in [2.24, 2.45) is 0 Å². The molecule has 3 aromatic rings. The number of sulfonamides is 1. The van der Waals surface area contributed by atoms with Gasteiger partial charge in [-0.15, -0.1) is 0 Å². The van der Waals surface area contributed by atoms with E-state index in [2.05, 4.69) is 21.6 Å². The lowest BCUT2D eigenvalue weighted by molar-refractivity contribution is 0.297. The lowest BCUT2D eigenvalue weighted by Gasteiger charge is -2.13. The van der Waals surface area contributed by atoms with Crippen LogP contribution in [-0.2, 0) is 10.0 Å². The molecule has 0 aliphatic heterocycles. The Hall–Kier alpha value is -2.67. The van der Waals surface area contributed by atoms with Crippen molar-refractivity contribution in [2.45, 2.75) is 38.0 Å². The molecule has 0 saturated heterocycles. The number of benzene rings is 2. The fraction of sp³-hybridized carbons (Fsp3) is 0.300. The molecular formula is C20H23N3O3S. The van der Waals surface area contributed by atoms with Crippen LogP contribution in [0, 0.1) is 6.92 Å². The highest BCUT2D eigenvalue weighted by Gasteiger charge is 2.19. The van der Waals surface area contributed by atoms with E-state index in [1.165, 1.54) is 0 Å². The number of anilines is 1. The Balaban J connectivity index is 1.95. The molecule has 7 heteroatoms. The molecule has 0 amide bonds. The number of nitrogens with zero attached hydrogens (tertiary/aromatic N) is 2. The number of fused-ring (bicyclic) bond motifs is 1. The van der Waals surface area contributed by atoms with E-state index < -0.39 is 10.0 Å². The lowest BCUT2D eigenvalue weighted by atomic mass is 10.2. The van der Waals surface area contributed by atoms with Crippen molar-refractivity contribution in [2.75, 3.05) is 11.3 Å². The van der Waals surface area contributed by atoms with E-state index in [0.717, 1.165) is 24.8 Å². The van der Waals surface area contributed by atoms with Gasteiger partial charge in [-0.25, -0.2) is 18.4 Å². The average molecular weight is 385 g/mol. The van der Waals surface area contributed by atoms with Gasteiger partial charge in [-0.3, -0.25) is 4.72 Å². The van der Waals surface area contributed by atoms with Gasteiger partial charge in [-0.2, -0.15) is 0 Å². The molecule has 0 spiro atoms. The predicted molar refractivity (Wildman–Crippen MR) is 107 cm³/mol. The van der Waals surface area contributed by atoms with Crippen LogP contribution in [0.1, 0.15) is 31.7 Å². The SMILES string of the molecule is CCCCCOc1nc2ccccc2nc1NS(=O)(=O)c1cccc(C)c1. The number of aromatic nitrogens is 2. The van der Waals surface area contributed by atoms with Gasteiger partial charge < -0.3 is 4.74 Å². The molecular weight excluding hydrogens is 362 g/mol. The maximum atomic E-state index is 12.8. The van der Waals surface area contributed by atoms with E-state index in [-0.39, 0.29) is 16.6 Å². The summed E-state index contributed by atoms with van der Waals surface area (Å²) in [4.78, 5) is 9.06. The number of rotatable bonds is 8. The zero-order valence-corrected chi connectivity index (χ0v) is 16.3. The van der Waals surface area contributed by atoms with Gasteiger partial charge in [0.05, 0.1) is 22.5 Å². The van der Waals surface area contributed by atoms with Crippen LogP contribution in [-0.4, -0.2) is 25.0 Å². The minimum atomic E-state index is -3.79. The molecule has 1 heterocycles. The fourth-order valence-electron chi connectivity index (χ4n) is 2.64. The molecule has 6 nitrogen and oxygen atoms in total. The van der Waals surface area contributed by atoms with Gasteiger partial charge in [-0.05, 0) is 43.2 Å². The van der Waals surface area contributed by atoms with Crippen LogP contribution in [0.5, 0.6) is 5.88 Å². The summed E-state index contributed by atoms with van der Waals surface area (Å²) in [5.74, 6) is 0.299. The second kappa shape index (κ2) is 8.35. The fourth-order valence-corrected chi connectivity index (χ4v) is 3.74. The van der Waals surface area contributed by atoms with Crippen LogP contribution < -0.4 is 9.46 Å². The summed E-state index contributed by atoms with van der Waals surface area (Å²) in [6, 6.07) is 14.0. The van der Waals surface area contributed by atoms with Gasteiger partial charge in [0.25, 0.3) is 15.9 Å². The molecule has 1 N–H and O–H groups in total. The van der Waals surface area contributed by atoms with Crippen molar-refractivity contribution in [3.63, 3.8) is 0 Å². The summed E-state index contributed by atoms with van der Waals surface area (Å²) >= 11 is 0. The van der Waals surface area contributed by atoms with Crippen molar-refractivity contribution in [3.8, 4) is 5.88 Å². The Bertz CT molecular complexity index is 1040. The van der Waals surface area contributed by atoms with Crippen LogP contribution in [0.4, 0.5) is 5.82 Å². The quantitative estimate of drug-likeness (QED) is 0.585. The van der Waals surface area contributed by atoms with E-state index in [1.807, 2.05) is 31.2 Å². The van der Waals surface area contributed by atoms with Gasteiger partial charge >= 0.3 is 0 Å². The van der Waals surface area contributed by atoms with Gasteiger partial charge in [-0.1, -0.05) is 44.0 Å². The first-order valence-electron chi connectivity index (χ1n) is 8.98. The van der Waals surface area contributed by atoms with Gasteiger partial charge in [0, 0.05) is 0 Å². The van der Waals surface area contributed by atoms with Gasteiger partial charge in [0.2, 0.25) is 5.82 Å². The van der Waals surface area contributed by atoms with E-state index in [1.54, 1.807) is 24.3 Å². The third kappa shape index (κ3) is 4.74. The Morgan fingerprint density at radius 2 is 1.74 bits per heavy atom. The van der Waals surface area contributed by atoms with Crippen molar-refractivity contribution in [1.82, 2.24) is 9.97 Å². The standard InChI is InChI=1S/C20H23N3O3S/c1-3-4-7-13-26-20-19(21-17-11-5-6-12-18(17)22-20)23-27(24,25)16-10-8-9-15(2)14-16/h5-6,8-12,14H,3-4,7,13H2,1-2H3,(H,21,23). The summed E-state index contributed by atoms with van der Waals surface area (Å²) in [5, 5.41) is 0. The molecule has 3 rings (SSSR count). The van der Waals surface area contributed by atoms with Gasteiger partial charge in [0.1, 0.15) is 0 Å². The van der Waals surface area contributed by atoms with Crippen LogP contribution in [0.2, 0.25) is 0 Å². The molecule has 27 heavy (non-hydrogen) atoms. The monoisotopic (exact) mass is 385 g/mol. The molecule has 0 bridgehead atoms. The minimum absolute atomic E-state index is 0.103. The van der Waals surface area contributed by atoms with E-state index >= 15 is 0 Å². The van der Waals surface area contributed by atoms with Crippen LogP contribution in [0.3, 0.4) is 0 Å². The van der Waals surface area contributed by atoms with Gasteiger partial charge in [0.15, 0.2) is 0 Å². The highest BCUT2D eigenvalue weighted by Crippen LogP contribution is 2.26. The number of unbranched alkanes of at least 4 members (excludes halogenated alkanes) is 2. The number of aryl methyl sites for hydroxylation is 1. The zero-order valence-electron chi connectivity index (χ0n) is 15.5. The molecule has 0 unspecified atom stereocenters. The van der Waals surface area contributed by atoms with Crippen LogP contribution >= 0.6 is 0 Å². The Kier molecular flexibility index (Phi) is 5.91. The molecule has 0 radical (unpaired) electrons. The first-order valence-corrected chi connectivity index (χ1v) is 10.5. The molecule has 0 atom stereocenters. The Morgan fingerprint density at radius 3 is 2.44 bits per heavy atom. The van der Waals surface area contributed by atoms with E-state index in [9.17, 15) is 8.42 Å². The number of hydrogen-bond donors (Lipinski definition) is 1. The van der Waals surface area contributed by atoms with Crippen LogP contribution in [0.25, 0.3) is 11.0 Å². The van der Waals surface area contributed by atoms with Crippen molar-refractivity contribution in [3.05, 3.63) is 54.1 Å². The predicted octanol–water partition coefficient (Wildman–Crippen LogP) is 4.31. The summed E-state index contributed by atoms with van der Waals surface area (Å²) in [7, 11) is -3.79. The Morgan fingerprint density at radius 1 is 1.00 bits per heavy atom. The molecule has 0 fully saturated rings. The molecule has 2 aromatic carbocycles. The first-order chi connectivity index (χ1) is 13.0.